The number of amidine groups is 1. The van der Waals surface area contributed by atoms with Crippen molar-refractivity contribution in [2.24, 2.45) is 10.2 Å². The molecule has 1 aliphatic heterocycles. The molecule has 160 valence electrons. The van der Waals surface area contributed by atoms with E-state index in [1.807, 2.05) is 55.5 Å². The van der Waals surface area contributed by atoms with Gasteiger partial charge in [-0.2, -0.15) is 5.10 Å². The third kappa shape index (κ3) is 5.44. The molecule has 4 rings (SSSR count). The van der Waals surface area contributed by atoms with Gasteiger partial charge in [-0.1, -0.05) is 36.4 Å². The largest absolute Gasteiger partial charge is 0.508 e. The van der Waals surface area contributed by atoms with Crippen molar-refractivity contribution in [3.63, 3.8) is 0 Å². The van der Waals surface area contributed by atoms with Crippen LogP contribution in [0.2, 0.25) is 0 Å². The van der Waals surface area contributed by atoms with E-state index in [1.54, 1.807) is 47.7 Å². The quantitative estimate of drug-likeness (QED) is 0.313. The van der Waals surface area contributed by atoms with Crippen molar-refractivity contribution < 1.29 is 14.3 Å². The number of hydrogen-bond acceptors (Lipinski definition) is 6. The van der Waals surface area contributed by atoms with E-state index in [0.29, 0.717) is 15.8 Å². The Hall–Kier alpha value is -3.84. The van der Waals surface area contributed by atoms with Gasteiger partial charge < -0.3 is 9.52 Å². The van der Waals surface area contributed by atoms with Crippen LogP contribution in [0, 0.1) is 0 Å². The number of thioether (sulfide) groups is 1. The summed E-state index contributed by atoms with van der Waals surface area (Å²) in [6.07, 6.45) is 7.04. The first-order valence-corrected chi connectivity index (χ1v) is 10.8. The van der Waals surface area contributed by atoms with Crippen molar-refractivity contribution in [3.8, 4) is 5.75 Å². The average Bonchev–Trinajstić information content (AvgIpc) is 3.40. The highest BCUT2D eigenvalue weighted by atomic mass is 32.2. The van der Waals surface area contributed by atoms with Crippen LogP contribution in [0.15, 0.2) is 104 Å². The van der Waals surface area contributed by atoms with Crippen LogP contribution in [-0.2, 0) is 11.3 Å². The van der Waals surface area contributed by atoms with Crippen LogP contribution in [-0.4, -0.2) is 27.3 Å². The Morgan fingerprint density at radius 1 is 1.06 bits per heavy atom. The summed E-state index contributed by atoms with van der Waals surface area (Å²) in [6, 6.07) is 20.2. The van der Waals surface area contributed by atoms with Gasteiger partial charge in [-0.3, -0.25) is 9.69 Å². The number of rotatable bonds is 6. The molecule has 1 N–H and O–H groups in total. The molecular weight excluding hydrogens is 422 g/mol. The lowest BCUT2D eigenvalue weighted by molar-refractivity contribution is -0.122. The zero-order chi connectivity index (χ0) is 22.3. The van der Waals surface area contributed by atoms with Gasteiger partial charge in [0.2, 0.25) is 0 Å². The molecule has 1 aliphatic rings. The van der Waals surface area contributed by atoms with E-state index in [4.69, 9.17) is 4.42 Å². The SMILES string of the molecule is CC(/C=C1\S/C(=N\N=C\c2ccc(O)cc2)N(Cc2ccco2)C1=O)=C\c1ccccc1. The highest BCUT2D eigenvalue weighted by Crippen LogP contribution is 2.33. The minimum Gasteiger partial charge on any atom is -0.508 e. The lowest BCUT2D eigenvalue weighted by atomic mass is 10.1. The summed E-state index contributed by atoms with van der Waals surface area (Å²) in [7, 11) is 0. The number of allylic oxidation sites excluding steroid dienone is 2. The van der Waals surface area contributed by atoms with E-state index in [2.05, 4.69) is 10.2 Å². The van der Waals surface area contributed by atoms with Gasteiger partial charge in [-0.25, -0.2) is 0 Å². The molecule has 0 atom stereocenters. The second kappa shape index (κ2) is 9.98. The van der Waals surface area contributed by atoms with E-state index in [9.17, 15) is 9.90 Å². The fourth-order valence-electron chi connectivity index (χ4n) is 3.05. The van der Waals surface area contributed by atoms with E-state index < -0.39 is 0 Å². The maximum Gasteiger partial charge on any atom is 0.267 e. The summed E-state index contributed by atoms with van der Waals surface area (Å²) in [6.45, 7) is 2.23. The Bertz CT molecular complexity index is 1190. The Morgan fingerprint density at radius 3 is 2.56 bits per heavy atom. The normalized spacial score (nSPS) is 17.2. The topological polar surface area (TPSA) is 78.4 Å². The Kier molecular flexibility index (Phi) is 6.67. The lowest BCUT2D eigenvalue weighted by Crippen LogP contribution is -2.28. The fourth-order valence-corrected chi connectivity index (χ4v) is 4.03. The summed E-state index contributed by atoms with van der Waals surface area (Å²) in [5.41, 5.74) is 2.81. The van der Waals surface area contributed by atoms with Gasteiger partial charge in [0.1, 0.15) is 11.5 Å². The molecule has 1 fully saturated rings. The molecule has 3 aromatic rings. The van der Waals surface area contributed by atoms with Gasteiger partial charge in [-0.05, 0) is 77.9 Å². The van der Waals surface area contributed by atoms with Gasteiger partial charge >= 0.3 is 0 Å². The molecule has 6 nitrogen and oxygen atoms in total. The summed E-state index contributed by atoms with van der Waals surface area (Å²) >= 11 is 1.28. The second-order valence-corrected chi connectivity index (χ2v) is 8.11. The van der Waals surface area contributed by atoms with Crippen LogP contribution in [0.5, 0.6) is 5.75 Å². The number of nitrogens with zero attached hydrogens (tertiary/aromatic N) is 3. The number of amides is 1. The zero-order valence-electron chi connectivity index (χ0n) is 17.4. The van der Waals surface area contributed by atoms with E-state index in [0.717, 1.165) is 16.7 Å². The summed E-state index contributed by atoms with van der Waals surface area (Å²) in [4.78, 5) is 15.2. The van der Waals surface area contributed by atoms with Gasteiger partial charge in [0.15, 0.2) is 5.17 Å². The fraction of sp³-hybridized carbons (Fsp3) is 0.0800. The highest BCUT2D eigenvalue weighted by Gasteiger charge is 2.34. The maximum atomic E-state index is 13.1. The number of phenolic OH excluding ortho intramolecular Hbond substituents is 1. The molecule has 32 heavy (non-hydrogen) atoms. The average molecular weight is 444 g/mol. The Balaban J connectivity index is 1.59. The third-order valence-electron chi connectivity index (χ3n) is 4.58. The van der Waals surface area contributed by atoms with Crippen LogP contribution in [0.1, 0.15) is 23.8 Å². The standard InChI is InChI=1S/C25H21N3O3S/c1-18(14-19-6-3-2-4-7-19)15-23-24(30)28(17-22-8-5-13-31-22)25(32-23)27-26-16-20-9-11-21(29)12-10-20/h2-16,29H,17H2,1H3/b18-14+,23-15-,26-16+,27-25-. The minimum atomic E-state index is -0.147. The number of carbonyl (C=O) groups excluding carboxylic acids is 1. The predicted molar refractivity (Wildman–Crippen MR) is 128 cm³/mol. The van der Waals surface area contributed by atoms with E-state index in [1.165, 1.54) is 11.8 Å². The van der Waals surface area contributed by atoms with Gasteiger partial charge in [-0.15, -0.1) is 5.10 Å². The minimum absolute atomic E-state index is 0.147. The van der Waals surface area contributed by atoms with Crippen molar-refractivity contribution in [3.05, 3.63) is 106 Å². The summed E-state index contributed by atoms with van der Waals surface area (Å²) in [5, 5.41) is 18.3. The molecule has 0 saturated carbocycles. The Morgan fingerprint density at radius 2 is 1.84 bits per heavy atom. The molecule has 2 aromatic carbocycles. The smallest absolute Gasteiger partial charge is 0.267 e. The molecule has 0 radical (unpaired) electrons. The van der Waals surface area contributed by atoms with Crippen LogP contribution in [0.4, 0.5) is 0 Å². The van der Waals surface area contributed by atoms with Gasteiger partial charge in [0.05, 0.1) is 23.9 Å². The Labute approximate surface area is 190 Å². The van der Waals surface area contributed by atoms with Gasteiger partial charge in [0, 0.05) is 0 Å². The predicted octanol–water partition coefficient (Wildman–Crippen LogP) is 5.44. The number of benzene rings is 2. The van der Waals surface area contributed by atoms with Gasteiger partial charge in [0.25, 0.3) is 5.91 Å². The molecule has 0 unspecified atom stereocenters. The first-order valence-electron chi connectivity index (χ1n) is 9.96. The van der Waals surface area contributed by atoms with E-state index >= 15 is 0 Å². The maximum absolute atomic E-state index is 13.1. The van der Waals surface area contributed by atoms with Crippen molar-refractivity contribution in [2.75, 3.05) is 0 Å². The van der Waals surface area contributed by atoms with Crippen molar-refractivity contribution in [1.29, 1.82) is 0 Å². The molecule has 7 heteroatoms. The van der Waals surface area contributed by atoms with E-state index in [-0.39, 0.29) is 18.2 Å². The lowest BCUT2D eigenvalue weighted by Gasteiger charge is -2.12. The van der Waals surface area contributed by atoms with Crippen LogP contribution >= 0.6 is 11.8 Å². The number of phenols is 1. The first kappa shape index (κ1) is 21.4. The number of furan rings is 1. The molecule has 1 saturated heterocycles. The molecule has 1 amide bonds. The summed E-state index contributed by atoms with van der Waals surface area (Å²) in [5.74, 6) is 0.696. The number of hydrogen-bond donors (Lipinski definition) is 1. The van der Waals surface area contributed by atoms with Crippen molar-refractivity contribution >= 4 is 35.1 Å². The molecule has 1 aromatic heterocycles. The second-order valence-electron chi connectivity index (χ2n) is 7.10. The summed E-state index contributed by atoms with van der Waals surface area (Å²) < 4.78 is 5.42. The molecule has 0 aliphatic carbocycles. The molecular formula is C25H21N3O3S. The zero-order valence-corrected chi connectivity index (χ0v) is 18.2. The van der Waals surface area contributed by atoms with Crippen LogP contribution < -0.4 is 0 Å². The van der Waals surface area contributed by atoms with Crippen LogP contribution in [0.25, 0.3) is 6.08 Å². The van der Waals surface area contributed by atoms with Crippen molar-refractivity contribution in [2.45, 2.75) is 13.5 Å². The van der Waals surface area contributed by atoms with Crippen molar-refractivity contribution in [1.82, 2.24) is 4.90 Å². The number of carbonyl (C=O) groups is 1. The monoisotopic (exact) mass is 443 g/mol. The molecule has 2 heterocycles. The molecule has 0 spiro atoms. The number of aromatic hydroxyl groups is 1. The highest BCUT2D eigenvalue weighted by molar-refractivity contribution is 8.18. The van der Waals surface area contributed by atoms with Crippen LogP contribution in [0.3, 0.4) is 0 Å². The first-order chi connectivity index (χ1) is 15.6. The molecule has 0 bridgehead atoms. The third-order valence-corrected chi connectivity index (χ3v) is 5.57.